The number of fused-ring (bicyclic) bond motifs is 1. The summed E-state index contributed by atoms with van der Waals surface area (Å²) in [7, 11) is 4.07. The monoisotopic (exact) mass is 338 g/mol. The fraction of sp³-hybridized carbons (Fsp3) is 0.368. The number of benzene rings is 1. The molecule has 1 N–H and O–H groups in total. The maximum atomic E-state index is 12.5. The minimum absolute atomic E-state index is 0.00785. The summed E-state index contributed by atoms with van der Waals surface area (Å²) in [5.41, 5.74) is 1.97. The van der Waals surface area contributed by atoms with Gasteiger partial charge in [0.2, 0.25) is 5.91 Å². The zero-order valence-corrected chi connectivity index (χ0v) is 14.5. The van der Waals surface area contributed by atoms with E-state index in [-0.39, 0.29) is 24.3 Å². The normalized spacial score (nSPS) is 21.0. The number of nitrogens with zero attached hydrogens (tertiary/aromatic N) is 3. The molecule has 25 heavy (non-hydrogen) atoms. The molecule has 1 aliphatic rings. The fourth-order valence-corrected chi connectivity index (χ4v) is 3.71. The van der Waals surface area contributed by atoms with Gasteiger partial charge in [0.15, 0.2) is 0 Å². The maximum absolute atomic E-state index is 12.5. The number of likely N-dealkylation sites (tertiary alicyclic amines) is 1. The molecule has 1 aliphatic heterocycles. The van der Waals surface area contributed by atoms with Gasteiger partial charge in [0, 0.05) is 43.3 Å². The van der Waals surface area contributed by atoms with E-state index in [0.717, 1.165) is 29.8 Å². The average Bonchev–Trinajstić information content (AvgIpc) is 3.25. The molecule has 1 fully saturated rings. The Morgan fingerprint density at radius 1 is 1.32 bits per heavy atom. The highest BCUT2D eigenvalue weighted by Gasteiger charge is 2.34. The summed E-state index contributed by atoms with van der Waals surface area (Å²) in [5.74, 6) is 0.936. The number of amides is 1. The van der Waals surface area contributed by atoms with Crippen molar-refractivity contribution < 1.29 is 9.21 Å². The summed E-state index contributed by atoms with van der Waals surface area (Å²) >= 11 is 0. The molecule has 6 nitrogen and oxygen atoms in total. The Kier molecular flexibility index (Phi) is 4.05. The summed E-state index contributed by atoms with van der Waals surface area (Å²) in [4.78, 5) is 19.0. The smallest absolute Gasteiger partial charge is 0.227 e. The van der Waals surface area contributed by atoms with Crippen LogP contribution in [0.5, 0.6) is 0 Å². The van der Waals surface area contributed by atoms with E-state index in [1.54, 1.807) is 6.33 Å². The minimum atomic E-state index is -0.00785. The van der Waals surface area contributed by atoms with Crippen molar-refractivity contribution in [1.29, 1.82) is 0 Å². The minimum Gasteiger partial charge on any atom is -0.461 e. The van der Waals surface area contributed by atoms with Gasteiger partial charge in [-0.15, -0.1) is 0 Å². The molecule has 6 heteroatoms. The molecular weight excluding hydrogens is 316 g/mol. The van der Waals surface area contributed by atoms with Gasteiger partial charge < -0.3 is 19.2 Å². The number of aromatic nitrogens is 2. The third-order valence-corrected chi connectivity index (χ3v) is 4.89. The number of hydrogen-bond acceptors (Lipinski definition) is 4. The Balaban J connectivity index is 1.46. The Labute approximate surface area is 146 Å². The van der Waals surface area contributed by atoms with Crippen LogP contribution in [0.25, 0.3) is 11.0 Å². The Bertz CT molecular complexity index is 865. The summed E-state index contributed by atoms with van der Waals surface area (Å²) in [6.07, 6.45) is 3.95. The van der Waals surface area contributed by atoms with Gasteiger partial charge in [0.25, 0.3) is 0 Å². The molecule has 1 saturated heterocycles. The lowest BCUT2D eigenvalue weighted by atomic mass is 10.00. The highest BCUT2D eigenvalue weighted by atomic mass is 16.3. The van der Waals surface area contributed by atoms with E-state index in [0.29, 0.717) is 5.76 Å². The second-order valence-corrected chi connectivity index (χ2v) is 6.86. The quantitative estimate of drug-likeness (QED) is 0.789. The second kappa shape index (κ2) is 6.37. The number of carbonyl (C=O) groups is 1. The summed E-state index contributed by atoms with van der Waals surface area (Å²) in [5, 5.41) is 4.21. The number of nitrogens with one attached hydrogen (secondary N) is 1. The molecule has 0 aliphatic carbocycles. The van der Waals surface area contributed by atoms with E-state index < -0.39 is 0 Å². The number of imidazole rings is 1. The molecule has 0 radical (unpaired) electrons. The van der Waals surface area contributed by atoms with E-state index in [1.807, 2.05) is 48.1 Å². The molecule has 2 atom stereocenters. The highest BCUT2D eigenvalue weighted by molar-refractivity contribution is 5.82. The maximum Gasteiger partial charge on any atom is 0.227 e. The Hall–Kier alpha value is -2.60. The van der Waals surface area contributed by atoms with Gasteiger partial charge in [-0.2, -0.15) is 0 Å². The third kappa shape index (κ3) is 3.17. The van der Waals surface area contributed by atoms with Crippen LogP contribution in [0.2, 0.25) is 0 Å². The first-order chi connectivity index (χ1) is 12.1. The predicted octanol–water partition coefficient (Wildman–Crippen LogP) is 1.92. The van der Waals surface area contributed by atoms with Gasteiger partial charge in [-0.25, -0.2) is 4.98 Å². The van der Waals surface area contributed by atoms with Gasteiger partial charge in [-0.3, -0.25) is 4.79 Å². The lowest BCUT2D eigenvalue weighted by Crippen LogP contribution is -2.40. The van der Waals surface area contributed by atoms with Crippen molar-refractivity contribution in [3.8, 4) is 0 Å². The highest BCUT2D eigenvalue weighted by Crippen LogP contribution is 2.26. The number of para-hydroxylation sites is 1. The number of hydrogen-bond donors (Lipinski definition) is 1. The zero-order chi connectivity index (χ0) is 17.4. The van der Waals surface area contributed by atoms with E-state index >= 15 is 0 Å². The first-order valence-electron chi connectivity index (χ1n) is 8.52. The molecule has 0 unspecified atom stereocenters. The number of rotatable bonds is 4. The number of carbonyl (C=O) groups excluding carboxylic acids is 1. The van der Waals surface area contributed by atoms with Crippen LogP contribution < -0.4 is 5.32 Å². The molecule has 0 bridgehead atoms. The van der Waals surface area contributed by atoms with Gasteiger partial charge in [-0.1, -0.05) is 18.2 Å². The van der Waals surface area contributed by atoms with Crippen molar-refractivity contribution in [2.75, 3.05) is 20.1 Å². The molecule has 1 aromatic carbocycles. The van der Waals surface area contributed by atoms with Crippen LogP contribution in [0, 0.1) is 0 Å². The van der Waals surface area contributed by atoms with E-state index in [4.69, 9.17) is 4.42 Å². The van der Waals surface area contributed by atoms with Gasteiger partial charge in [-0.05, 0) is 19.2 Å². The molecule has 3 heterocycles. The van der Waals surface area contributed by atoms with Gasteiger partial charge in [0.05, 0.1) is 18.8 Å². The summed E-state index contributed by atoms with van der Waals surface area (Å²) < 4.78 is 7.79. The van der Waals surface area contributed by atoms with Crippen LogP contribution in [0.3, 0.4) is 0 Å². The van der Waals surface area contributed by atoms with Crippen molar-refractivity contribution in [3.63, 3.8) is 0 Å². The van der Waals surface area contributed by atoms with Crippen LogP contribution in [0.4, 0.5) is 0 Å². The van der Waals surface area contributed by atoms with Crippen LogP contribution in [0.15, 0.2) is 47.3 Å². The van der Waals surface area contributed by atoms with Crippen molar-refractivity contribution >= 4 is 16.9 Å². The molecule has 4 rings (SSSR count). The van der Waals surface area contributed by atoms with Crippen LogP contribution in [-0.2, 0) is 18.3 Å². The molecule has 2 aromatic heterocycles. The fourth-order valence-electron chi connectivity index (χ4n) is 3.71. The van der Waals surface area contributed by atoms with Crippen molar-refractivity contribution in [1.82, 2.24) is 19.8 Å². The molecule has 0 spiro atoms. The standard InChI is InChI=1S/C19H22N4O2/c1-22-10-15(17-9-20-12-23(17)2)16(11-22)21-19(24)8-14-7-13-5-3-4-6-18(13)25-14/h3-7,9,12,15-16H,8,10-11H2,1-2H3,(H,21,24)/t15-,16-/m1/s1. The molecule has 0 saturated carbocycles. The molecular formula is C19H22N4O2. The molecule has 3 aromatic rings. The predicted molar refractivity (Wildman–Crippen MR) is 95.3 cm³/mol. The largest absolute Gasteiger partial charge is 0.461 e. The molecule has 130 valence electrons. The Morgan fingerprint density at radius 2 is 2.16 bits per heavy atom. The van der Waals surface area contributed by atoms with Crippen LogP contribution >= 0.6 is 0 Å². The van der Waals surface area contributed by atoms with Crippen molar-refractivity contribution in [3.05, 3.63) is 54.3 Å². The molecule has 1 amide bonds. The van der Waals surface area contributed by atoms with Gasteiger partial charge in [0.1, 0.15) is 11.3 Å². The lowest BCUT2D eigenvalue weighted by Gasteiger charge is -2.20. The summed E-state index contributed by atoms with van der Waals surface area (Å²) in [6.45, 7) is 1.75. The van der Waals surface area contributed by atoms with Gasteiger partial charge >= 0.3 is 0 Å². The first kappa shape index (κ1) is 15.9. The van der Waals surface area contributed by atoms with Crippen molar-refractivity contribution in [2.24, 2.45) is 7.05 Å². The zero-order valence-electron chi connectivity index (χ0n) is 14.5. The summed E-state index contributed by atoms with van der Waals surface area (Å²) in [6, 6.07) is 9.83. The number of aryl methyl sites for hydroxylation is 1. The second-order valence-electron chi connectivity index (χ2n) is 6.86. The third-order valence-electron chi connectivity index (χ3n) is 4.89. The van der Waals surface area contributed by atoms with E-state index in [1.165, 1.54) is 0 Å². The number of likely N-dealkylation sites (N-methyl/N-ethyl adjacent to an activating group) is 1. The lowest BCUT2D eigenvalue weighted by molar-refractivity contribution is -0.121. The SMILES string of the molecule is CN1C[C@@H](NC(=O)Cc2cc3ccccc3o2)[C@H](c2cncn2C)C1. The van der Waals surface area contributed by atoms with Crippen LogP contribution in [-0.4, -0.2) is 46.5 Å². The van der Waals surface area contributed by atoms with Crippen molar-refractivity contribution in [2.45, 2.75) is 18.4 Å². The number of furan rings is 1. The Morgan fingerprint density at radius 3 is 2.92 bits per heavy atom. The average molecular weight is 338 g/mol. The van der Waals surface area contributed by atoms with E-state index in [9.17, 15) is 4.79 Å². The van der Waals surface area contributed by atoms with E-state index in [2.05, 4.69) is 22.2 Å². The van der Waals surface area contributed by atoms with Crippen LogP contribution in [0.1, 0.15) is 17.4 Å². The first-order valence-corrected chi connectivity index (χ1v) is 8.52. The topological polar surface area (TPSA) is 63.3 Å².